The summed E-state index contributed by atoms with van der Waals surface area (Å²) in [5.74, 6) is -0.191. The quantitative estimate of drug-likeness (QED) is 0.738. The van der Waals surface area contributed by atoms with Crippen LogP contribution in [0.15, 0.2) is 0 Å². The first kappa shape index (κ1) is 16.4. The number of carbonyl (C=O) groups excluding carboxylic acids is 1. The van der Waals surface area contributed by atoms with Crippen molar-refractivity contribution in [3.05, 3.63) is 0 Å². The van der Waals surface area contributed by atoms with Gasteiger partial charge in [0.15, 0.2) is 0 Å². The van der Waals surface area contributed by atoms with Gasteiger partial charge in [-0.05, 0) is 12.3 Å². The van der Waals surface area contributed by atoms with Gasteiger partial charge in [-0.1, -0.05) is 27.7 Å². The molecule has 0 amide bonds. The Kier molecular flexibility index (Phi) is 5.39. The van der Waals surface area contributed by atoms with Gasteiger partial charge in [0.25, 0.3) is 0 Å². The molecule has 5 unspecified atom stereocenters. The minimum atomic E-state index is -0.202. The van der Waals surface area contributed by atoms with Gasteiger partial charge in [-0.25, -0.2) is 0 Å². The van der Waals surface area contributed by atoms with Gasteiger partial charge in [-0.2, -0.15) is 0 Å². The van der Waals surface area contributed by atoms with Crippen molar-refractivity contribution in [1.29, 1.82) is 0 Å². The largest absolute Gasteiger partial charge is 0.462 e. The topological polar surface area (TPSA) is 44.8 Å². The Hall–Kier alpha value is -0.610. The summed E-state index contributed by atoms with van der Waals surface area (Å²) < 4.78 is 16.6. The Labute approximate surface area is 116 Å². The lowest BCUT2D eigenvalue weighted by Crippen LogP contribution is -2.49. The molecule has 19 heavy (non-hydrogen) atoms. The molecule has 1 rings (SSSR count). The van der Waals surface area contributed by atoms with Crippen molar-refractivity contribution in [2.24, 2.45) is 17.3 Å². The van der Waals surface area contributed by atoms with E-state index in [0.29, 0.717) is 6.42 Å². The van der Waals surface area contributed by atoms with E-state index in [1.807, 2.05) is 6.92 Å². The van der Waals surface area contributed by atoms with Gasteiger partial charge in [-0.15, -0.1) is 0 Å². The highest BCUT2D eigenvalue weighted by Gasteiger charge is 2.43. The van der Waals surface area contributed by atoms with E-state index in [4.69, 9.17) is 14.2 Å². The van der Waals surface area contributed by atoms with Gasteiger partial charge in [-0.3, -0.25) is 4.79 Å². The third-order valence-electron chi connectivity index (χ3n) is 4.21. The van der Waals surface area contributed by atoms with E-state index in [-0.39, 0.29) is 41.5 Å². The Morgan fingerprint density at radius 2 is 1.84 bits per heavy atom. The van der Waals surface area contributed by atoms with Crippen LogP contribution in [0.4, 0.5) is 0 Å². The molecule has 0 aliphatic carbocycles. The SMILES string of the molecule is COC1C(C)C(=O)OC(CC(OC)C(C)(C)C)C1C. The number of ether oxygens (including phenoxy) is 3. The molecule has 0 N–H and O–H groups in total. The van der Waals surface area contributed by atoms with Gasteiger partial charge in [0, 0.05) is 26.6 Å². The highest BCUT2D eigenvalue weighted by molar-refractivity contribution is 5.73. The summed E-state index contributed by atoms with van der Waals surface area (Å²) in [5.41, 5.74) is 0.0203. The summed E-state index contributed by atoms with van der Waals surface area (Å²) in [6.45, 7) is 10.3. The smallest absolute Gasteiger partial charge is 0.311 e. The number of cyclic esters (lactones) is 1. The fourth-order valence-corrected chi connectivity index (χ4v) is 2.86. The van der Waals surface area contributed by atoms with Crippen LogP contribution in [0.2, 0.25) is 0 Å². The van der Waals surface area contributed by atoms with E-state index >= 15 is 0 Å². The monoisotopic (exact) mass is 272 g/mol. The molecule has 1 aliphatic rings. The van der Waals surface area contributed by atoms with Crippen LogP contribution in [-0.4, -0.2) is 38.5 Å². The predicted octanol–water partition coefficient (Wildman–Crippen LogP) is 2.65. The summed E-state index contributed by atoms with van der Waals surface area (Å²) in [5, 5.41) is 0. The highest BCUT2D eigenvalue weighted by Crippen LogP contribution is 2.34. The highest BCUT2D eigenvalue weighted by atomic mass is 16.6. The predicted molar refractivity (Wildman–Crippen MR) is 73.9 cm³/mol. The molecule has 1 aliphatic heterocycles. The summed E-state index contributed by atoms with van der Waals surface area (Å²) in [7, 11) is 3.37. The molecule has 4 nitrogen and oxygen atoms in total. The summed E-state index contributed by atoms with van der Waals surface area (Å²) in [6, 6.07) is 0. The van der Waals surface area contributed by atoms with E-state index in [0.717, 1.165) is 0 Å². The lowest BCUT2D eigenvalue weighted by Gasteiger charge is -2.41. The van der Waals surface area contributed by atoms with E-state index < -0.39 is 0 Å². The minimum Gasteiger partial charge on any atom is -0.462 e. The molecular formula is C15H28O4. The van der Waals surface area contributed by atoms with Gasteiger partial charge in [0.05, 0.1) is 18.1 Å². The molecule has 0 aromatic heterocycles. The van der Waals surface area contributed by atoms with Crippen molar-refractivity contribution >= 4 is 5.97 Å². The van der Waals surface area contributed by atoms with Crippen LogP contribution in [0.25, 0.3) is 0 Å². The molecule has 1 fully saturated rings. The molecule has 0 bridgehead atoms. The first-order valence-electron chi connectivity index (χ1n) is 6.98. The molecule has 0 spiro atoms. The normalized spacial score (nSPS) is 33.9. The van der Waals surface area contributed by atoms with Crippen LogP contribution in [0.1, 0.15) is 41.0 Å². The third-order valence-corrected chi connectivity index (χ3v) is 4.21. The molecular weight excluding hydrogens is 244 g/mol. The van der Waals surface area contributed by atoms with Gasteiger partial charge >= 0.3 is 5.97 Å². The van der Waals surface area contributed by atoms with Crippen molar-refractivity contribution in [1.82, 2.24) is 0 Å². The summed E-state index contributed by atoms with van der Waals surface area (Å²) >= 11 is 0. The summed E-state index contributed by atoms with van der Waals surface area (Å²) in [6.07, 6.45) is 0.541. The van der Waals surface area contributed by atoms with E-state index in [1.165, 1.54) is 0 Å². The number of hydrogen-bond acceptors (Lipinski definition) is 4. The number of hydrogen-bond donors (Lipinski definition) is 0. The zero-order valence-corrected chi connectivity index (χ0v) is 13.2. The van der Waals surface area contributed by atoms with E-state index in [1.54, 1.807) is 14.2 Å². The lowest BCUT2D eigenvalue weighted by molar-refractivity contribution is -0.185. The molecule has 1 heterocycles. The zero-order valence-electron chi connectivity index (χ0n) is 13.2. The Morgan fingerprint density at radius 3 is 2.26 bits per heavy atom. The first-order chi connectivity index (χ1) is 8.72. The van der Waals surface area contributed by atoms with Crippen molar-refractivity contribution < 1.29 is 19.0 Å². The van der Waals surface area contributed by atoms with Crippen molar-refractivity contribution in [2.75, 3.05) is 14.2 Å². The number of rotatable bonds is 4. The number of esters is 1. The van der Waals surface area contributed by atoms with E-state index in [2.05, 4.69) is 27.7 Å². The van der Waals surface area contributed by atoms with E-state index in [9.17, 15) is 4.79 Å². The van der Waals surface area contributed by atoms with Gasteiger partial charge < -0.3 is 14.2 Å². The molecule has 1 saturated heterocycles. The molecule has 0 aromatic rings. The zero-order chi connectivity index (χ0) is 14.8. The van der Waals surface area contributed by atoms with Crippen LogP contribution in [-0.2, 0) is 19.0 Å². The van der Waals surface area contributed by atoms with Crippen molar-refractivity contribution in [2.45, 2.75) is 59.4 Å². The van der Waals surface area contributed by atoms with Crippen LogP contribution < -0.4 is 0 Å². The van der Waals surface area contributed by atoms with Crippen molar-refractivity contribution in [3.8, 4) is 0 Å². The van der Waals surface area contributed by atoms with Crippen LogP contribution >= 0.6 is 0 Å². The molecule has 0 aromatic carbocycles. The summed E-state index contributed by atoms with van der Waals surface area (Å²) in [4.78, 5) is 11.9. The third kappa shape index (κ3) is 3.69. The standard InChI is InChI=1S/C15H28O4/c1-9-11(8-12(17-6)15(3,4)5)19-14(16)10(2)13(9)18-7/h9-13H,8H2,1-7H3. The molecule has 5 atom stereocenters. The lowest BCUT2D eigenvalue weighted by atomic mass is 9.79. The number of carbonyl (C=O) groups is 1. The van der Waals surface area contributed by atoms with Gasteiger partial charge in [0.1, 0.15) is 6.10 Å². The maximum atomic E-state index is 11.9. The molecule has 112 valence electrons. The second-order valence-electron chi connectivity index (χ2n) is 6.65. The maximum absolute atomic E-state index is 11.9. The first-order valence-corrected chi connectivity index (χ1v) is 6.98. The Balaban J connectivity index is 2.80. The second-order valence-corrected chi connectivity index (χ2v) is 6.65. The Bertz CT molecular complexity index is 308. The number of methoxy groups -OCH3 is 2. The molecule has 4 heteroatoms. The average Bonchev–Trinajstić information content (AvgIpc) is 2.31. The average molecular weight is 272 g/mol. The van der Waals surface area contributed by atoms with Crippen LogP contribution in [0.5, 0.6) is 0 Å². The minimum absolute atomic E-state index is 0.0203. The molecule has 0 radical (unpaired) electrons. The van der Waals surface area contributed by atoms with Crippen molar-refractivity contribution in [3.63, 3.8) is 0 Å². The second kappa shape index (κ2) is 6.23. The van der Waals surface area contributed by atoms with Crippen LogP contribution in [0, 0.1) is 17.3 Å². The van der Waals surface area contributed by atoms with Gasteiger partial charge in [0.2, 0.25) is 0 Å². The maximum Gasteiger partial charge on any atom is 0.311 e. The fourth-order valence-electron chi connectivity index (χ4n) is 2.86. The Morgan fingerprint density at radius 1 is 1.26 bits per heavy atom. The fraction of sp³-hybridized carbons (Fsp3) is 0.933. The van der Waals surface area contributed by atoms with Crippen LogP contribution in [0.3, 0.4) is 0 Å². The molecule has 0 saturated carbocycles.